The molecule has 0 atom stereocenters. The number of aryl methyl sites for hydroxylation is 1. The van der Waals surface area contributed by atoms with Crippen molar-refractivity contribution in [3.63, 3.8) is 0 Å². The summed E-state index contributed by atoms with van der Waals surface area (Å²) in [5.74, 6) is 1.50. The van der Waals surface area contributed by atoms with Gasteiger partial charge in [-0.05, 0) is 33.6 Å². The molecule has 9 nitrogen and oxygen atoms in total. The van der Waals surface area contributed by atoms with E-state index in [0.717, 1.165) is 48.7 Å². The summed E-state index contributed by atoms with van der Waals surface area (Å²) in [5, 5.41) is 6.63. The van der Waals surface area contributed by atoms with Crippen LogP contribution in [-0.2, 0) is 4.74 Å². The third-order valence-corrected chi connectivity index (χ3v) is 5.20. The number of piperidine rings is 1. The highest BCUT2D eigenvalue weighted by Gasteiger charge is 2.28. The monoisotopic (exact) mass is 373 g/mol. The second kappa shape index (κ2) is 7.30. The molecule has 2 aromatic heterocycles. The summed E-state index contributed by atoms with van der Waals surface area (Å²) in [5.41, 5.74) is 1.66. The number of rotatable bonds is 4. The van der Waals surface area contributed by atoms with Gasteiger partial charge in [-0.3, -0.25) is 0 Å². The molecule has 146 valence electrons. The fourth-order valence-electron chi connectivity index (χ4n) is 3.47. The molecular weight excluding hydrogens is 346 g/mol. The molecule has 2 aromatic rings. The van der Waals surface area contributed by atoms with E-state index in [0.29, 0.717) is 13.1 Å². The van der Waals surface area contributed by atoms with E-state index in [4.69, 9.17) is 4.74 Å². The molecule has 0 aromatic carbocycles. The van der Waals surface area contributed by atoms with Crippen LogP contribution in [0, 0.1) is 6.92 Å². The average Bonchev–Trinajstić information content (AvgIpc) is 3.02. The average molecular weight is 373 g/mol. The SMILES string of the molecule is Cc1nc(NC2CCN(C(=O)OC3CNC3)CC2)c2ncn(C(C)C)c2n1. The fourth-order valence-corrected chi connectivity index (χ4v) is 3.47. The number of carbonyl (C=O) groups is 1. The van der Waals surface area contributed by atoms with Crippen LogP contribution in [0.4, 0.5) is 10.6 Å². The van der Waals surface area contributed by atoms with E-state index >= 15 is 0 Å². The minimum absolute atomic E-state index is 0.0293. The number of likely N-dealkylation sites (tertiary alicyclic amines) is 1. The van der Waals surface area contributed by atoms with Crippen LogP contribution in [-0.4, -0.2) is 68.8 Å². The van der Waals surface area contributed by atoms with Crippen molar-refractivity contribution in [1.29, 1.82) is 0 Å². The molecular formula is C18H27N7O2. The molecule has 4 heterocycles. The van der Waals surface area contributed by atoms with Crippen molar-refractivity contribution in [2.45, 2.75) is 51.8 Å². The van der Waals surface area contributed by atoms with Gasteiger partial charge in [-0.2, -0.15) is 0 Å². The van der Waals surface area contributed by atoms with Crippen LogP contribution in [0.3, 0.4) is 0 Å². The minimum Gasteiger partial charge on any atom is -0.443 e. The van der Waals surface area contributed by atoms with E-state index in [1.54, 1.807) is 4.90 Å². The Morgan fingerprint density at radius 2 is 2.04 bits per heavy atom. The molecule has 0 radical (unpaired) electrons. The van der Waals surface area contributed by atoms with Gasteiger partial charge in [0.1, 0.15) is 17.4 Å². The lowest BCUT2D eigenvalue weighted by atomic mass is 10.1. The Hall–Kier alpha value is -2.42. The molecule has 9 heteroatoms. The summed E-state index contributed by atoms with van der Waals surface area (Å²) in [4.78, 5) is 27.6. The standard InChI is InChI=1S/C18H27N7O2/c1-11(2)25-10-20-15-16(21-12(3)22-17(15)25)23-13-4-6-24(7-5-13)18(26)27-14-8-19-9-14/h10-11,13-14,19H,4-9H2,1-3H3,(H,21,22,23). The van der Waals surface area contributed by atoms with E-state index in [-0.39, 0.29) is 24.3 Å². The summed E-state index contributed by atoms with van der Waals surface area (Å²) >= 11 is 0. The highest BCUT2D eigenvalue weighted by atomic mass is 16.6. The van der Waals surface area contributed by atoms with Gasteiger partial charge in [0.15, 0.2) is 11.5 Å². The molecule has 2 aliphatic rings. The van der Waals surface area contributed by atoms with Crippen molar-refractivity contribution < 1.29 is 9.53 Å². The molecule has 27 heavy (non-hydrogen) atoms. The summed E-state index contributed by atoms with van der Waals surface area (Å²) in [6.45, 7) is 9.01. The Balaban J connectivity index is 1.41. The summed E-state index contributed by atoms with van der Waals surface area (Å²) in [6, 6.07) is 0.540. The first kappa shape index (κ1) is 18.0. The van der Waals surface area contributed by atoms with E-state index in [1.165, 1.54) is 0 Å². The van der Waals surface area contributed by atoms with E-state index < -0.39 is 0 Å². The van der Waals surface area contributed by atoms with Gasteiger partial charge in [0.05, 0.1) is 6.33 Å². The van der Waals surface area contributed by atoms with Crippen LogP contribution in [0.2, 0.25) is 0 Å². The van der Waals surface area contributed by atoms with Crippen LogP contribution in [0.1, 0.15) is 38.6 Å². The maximum absolute atomic E-state index is 12.2. The zero-order chi connectivity index (χ0) is 19.0. The second-order valence-corrected chi connectivity index (χ2v) is 7.61. The van der Waals surface area contributed by atoms with Crippen LogP contribution in [0.15, 0.2) is 6.33 Å². The van der Waals surface area contributed by atoms with Crippen molar-refractivity contribution >= 4 is 23.1 Å². The van der Waals surface area contributed by atoms with Gasteiger partial charge in [-0.1, -0.05) is 0 Å². The Labute approximate surface area is 158 Å². The molecule has 0 saturated carbocycles. The van der Waals surface area contributed by atoms with E-state index in [2.05, 4.69) is 44.0 Å². The lowest BCUT2D eigenvalue weighted by Gasteiger charge is -2.34. The van der Waals surface area contributed by atoms with Crippen molar-refractivity contribution in [3.05, 3.63) is 12.2 Å². The molecule has 0 aliphatic carbocycles. The first-order chi connectivity index (χ1) is 13.0. The summed E-state index contributed by atoms with van der Waals surface area (Å²) in [6.07, 6.45) is 3.36. The maximum atomic E-state index is 12.2. The highest BCUT2D eigenvalue weighted by Crippen LogP contribution is 2.24. The number of nitrogens with zero attached hydrogens (tertiary/aromatic N) is 5. The molecule has 0 bridgehead atoms. The Kier molecular flexibility index (Phi) is 4.86. The van der Waals surface area contributed by atoms with Crippen molar-refractivity contribution in [1.82, 2.24) is 29.7 Å². The third kappa shape index (κ3) is 3.69. The van der Waals surface area contributed by atoms with Gasteiger partial charge in [0, 0.05) is 38.3 Å². The zero-order valence-corrected chi connectivity index (χ0v) is 16.1. The normalized spacial score (nSPS) is 18.7. The van der Waals surface area contributed by atoms with E-state index in [1.807, 2.05) is 13.3 Å². The van der Waals surface area contributed by atoms with Crippen LogP contribution in [0.25, 0.3) is 11.2 Å². The Bertz CT molecular complexity index is 822. The number of hydrogen-bond donors (Lipinski definition) is 2. The fraction of sp³-hybridized carbons (Fsp3) is 0.667. The topological polar surface area (TPSA) is 97.2 Å². The zero-order valence-electron chi connectivity index (χ0n) is 16.1. The highest BCUT2D eigenvalue weighted by molar-refractivity contribution is 5.83. The molecule has 4 rings (SSSR count). The Morgan fingerprint density at radius 1 is 1.30 bits per heavy atom. The van der Waals surface area contributed by atoms with E-state index in [9.17, 15) is 4.79 Å². The smallest absolute Gasteiger partial charge is 0.410 e. The quantitative estimate of drug-likeness (QED) is 0.842. The number of nitrogens with one attached hydrogen (secondary N) is 2. The van der Waals surface area contributed by atoms with Crippen molar-refractivity contribution in [3.8, 4) is 0 Å². The predicted molar refractivity (Wildman–Crippen MR) is 102 cm³/mol. The second-order valence-electron chi connectivity index (χ2n) is 7.61. The largest absolute Gasteiger partial charge is 0.443 e. The lowest BCUT2D eigenvalue weighted by molar-refractivity contribution is 0.0347. The number of carbonyl (C=O) groups excluding carboxylic acids is 1. The number of amides is 1. The lowest BCUT2D eigenvalue weighted by Crippen LogP contribution is -2.52. The molecule has 2 fully saturated rings. The third-order valence-electron chi connectivity index (χ3n) is 5.20. The van der Waals surface area contributed by atoms with Crippen LogP contribution in [0.5, 0.6) is 0 Å². The van der Waals surface area contributed by atoms with Crippen molar-refractivity contribution in [2.75, 3.05) is 31.5 Å². The number of ether oxygens (including phenoxy) is 1. The number of aromatic nitrogens is 4. The van der Waals surface area contributed by atoms with Gasteiger partial charge in [-0.15, -0.1) is 0 Å². The minimum atomic E-state index is -0.198. The molecule has 0 spiro atoms. The van der Waals surface area contributed by atoms with Gasteiger partial charge in [-0.25, -0.2) is 19.7 Å². The van der Waals surface area contributed by atoms with Gasteiger partial charge < -0.3 is 24.8 Å². The molecule has 2 aliphatic heterocycles. The molecule has 1 amide bonds. The Morgan fingerprint density at radius 3 is 2.67 bits per heavy atom. The number of imidazole rings is 1. The molecule has 2 saturated heterocycles. The molecule has 2 N–H and O–H groups in total. The maximum Gasteiger partial charge on any atom is 0.410 e. The first-order valence-corrected chi connectivity index (χ1v) is 9.65. The van der Waals surface area contributed by atoms with Gasteiger partial charge in [0.2, 0.25) is 0 Å². The first-order valence-electron chi connectivity index (χ1n) is 9.65. The summed E-state index contributed by atoms with van der Waals surface area (Å²) < 4.78 is 7.51. The summed E-state index contributed by atoms with van der Waals surface area (Å²) in [7, 11) is 0. The van der Waals surface area contributed by atoms with Crippen LogP contribution >= 0.6 is 0 Å². The van der Waals surface area contributed by atoms with Crippen LogP contribution < -0.4 is 10.6 Å². The predicted octanol–water partition coefficient (Wildman–Crippen LogP) is 1.70. The van der Waals surface area contributed by atoms with Crippen molar-refractivity contribution in [2.24, 2.45) is 0 Å². The van der Waals surface area contributed by atoms with Gasteiger partial charge >= 0.3 is 6.09 Å². The molecule has 0 unspecified atom stereocenters. The number of hydrogen-bond acceptors (Lipinski definition) is 7. The number of anilines is 1. The van der Waals surface area contributed by atoms with Gasteiger partial charge in [0.25, 0.3) is 0 Å². The number of fused-ring (bicyclic) bond motifs is 1.